The van der Waals surface area contributed by atoms with Gasteiger partial charge in [0.05, 0.1) is 12.7 Å². The van der Waals surface area contributed by atoms with Gasteiger partial charge in [0.1, 0.15) is 5.75 Å². The lowest BCUT2D eigenvalue weighted by Crippen LogP contribution is -2.15. The Morgan fingerprint density at radius 1 is 1.33 bits per heavy atom. The SMILES string of the molecule is CNCc1c(OC)cccc1C(F)(F)F. The normalized spacial score (nSPS) is 11.5. The van der Waals surface area contributed by atoms with E-state index in [0.29, 0.717) is 0 Å². The first-order valence-corrected chi connectivity index (χ1v) is 4.38. The van der Waals surface area contributed by atoms with Crippen LogP contribution in [0.2, 0.25) is 0 Å². The van der Waals surface area contributed by atoms with Gasteiger partial charge in [-0.3, -0.25) is 0 Å². The number of hydrogen-bond donors (Lipinski definition) is 1. The van der Waals surface area contributed by atoms with E-state index >= 15 is 0 Å². The molecular weight excluding hydrogens is 207 g/mol. The molecule has 0 heterocycles. The Morgan fingerprint density at radius 3 is 2.47 bits per heavy atom. The highest BCUT2D eigenvalue weighted by molar-refractivity contribution is 5.41. The van der Waals surface area contributed by atoms with Crippen LogP contribution in [0.25, 0.3) is 0 Å². The van der Waals surface area contributed by atoms with E-state index in [-0.39, 0.29) is 17.9 Å². The molecule has 0 aliphatic rings. The van der Waals surface area contributed by atoms with Crippen LogP contribution in [-0.4, -0.2) is 14.2 Å². The molecule has 1 aromatic rings. The minimum atomic E-state index is -4.35. The van der Waals surface area contributed by atoms with Crippen molar-refractivity contribution in [1.29, 1.82) is 0 Å². The van der Waals surface area contributed by atoms with Crippen LogP contribution in [0.4, 0.5) is 13.2 Å². The first-order valence-electron chi connectivity index (χ1n) is 4.38. The fourth-order valence-electron chi connectivity index (χ4n) is 1.38. The number of ether oxygens (including phenoxy) is 1. The number of hydrogen-bond acceptors (Lipinski definition) is 2. The summed E-state index contributed by atoms with van der Waals surface area (Å²) in [5, 5.41) is 2.69. The van der Waals surface area contributed by atoms with Crippen molar-refractivity contribution in [2.45, 2.75) is 12.7 Å². The van der Waals surface area contributed by atoms with Gasteiger partial charge in [-0.15, -0.1) is 0 Å². The highest BCUT2D eigenvalue weighted by Crippen LogP contribution is 2.35. The maximum Gasteiger partial charge on any atom is 0.416 e. The highest BCUT2D eigenvalue weighted by atomic mass is 19.4. The lowest BCUT2D eigenvalue weighted by molar-refractivity contribution is -0.138. The van der Waals surface area contributed by atoms with Crippen LogP contribution in [0.5, 0.6) is 5.75 Å². The molecule has 0 atom stereocenters. The molecule has 0 spiro atoms. The van der Waals surface area contributed by atoms with E-state index in [1.807, 2.05) is 0 Å². The second-order valence-electron chi connectivity index (χ2n) is 3.01. The van der Waals surface area contributed by atoms with Gasteiger partial charge in [0.2, 0.25) is 0 Å². The summed E-state index contributed by atoms with van der Waals surface area (Å²) in [6.07, 6.45) is -4.35. The summed E-state index contributed by atoms with van der Waals surface area (Å²) in [5.74, 6) is 0.249. The third-order valence-electron chi connectivity index (χ3n) is 2.01. The van der Waals surface area contributed by atoms with Gasteiger partial charge in [-0.25, -0.2) is 0 Å². The summed E-state index contributed by atoms with van der Waals surface area (Å²) in [4.78, 5) is 0. The van der Waals surface area contributed by atoms with Crippen molar-refractivity contribution in [2.24, 2.45) is 0 Å². The van der Waals surface area contributed by atoms with E-state index in [2.05, 4.69) is 5.32 Å². The van der Waals surface area contributed by atoms with Crippen molar-refractivity contribution >= 4 is 0 Å². The highest BCUT2D eigenvalue weighted by Gasteiger charge is 2.34. The van der Waals surface area contributed by atoms with Crippen molar-refractivity contribution in [3.63, 3.8) is 0 Å². The molecule has 0 saturated carbocycles. The van der Waals surface area contributed by atoms with Gasteiger partial charge in [0.15, 0.2) is 0 Å². The second-order valence-corrected chi connectivity index (χ2v) is 3.01. The van der Waals surface area contributed by atoms with E-state index in [9.17, 15) is 13.2 Å². The molecule has 2 nitrogen and oxygen atoms in total. The summed E-state index contributed by atoms with van der Waals surface area (Å²) < 4.78 is 42.7. The largest absolute Gasteiger partial charge is 0.496 e. The van der Waals surface area contributed by atoms with Gasteiger partial charge in [-0.2, -0.15) is 13.2 Å². The Labute approximate surface area is 86.1 Å². The molecule has 1 rings (SSSR count). The Hall–Kier alpha value is -1.23. The Morgan fingerprint density at radius 2 is 2.00 bits per heavy atom. The van der Waals surface area contributed by atoms with Crippen molar-refractivity contribution in [3.05, 3.63) is 29.3 Å². The van der Waals surface area contributed by atoms with Crippen LogP contribution < -0.4 is 10.1 Å². The second kappa shape index (κ2) is 4.53. The molecule has 0 unspecified atom stereocenters. The Balaban J connectivity index is 3.25. The van der Waals surface area contributed by atoms with Crippen LogP contribution in [0.15, 0.2) is 18.2 Å². The van der Waals surface area contributed by atoms with E-state index in [1.165, 1.54) is 19.2 Å². The van der Waals surface area contributed by atoms with E-state index < -0.39 is 11.7 Å². The molecule has 1 N–H and O–H groups in total. The number of methoxy groups -OCH3 is 1. The summed E-state index contributed by atoms with van der Waals surface area (Å²) in [5.41, 5.74) is -0.522. The van der Waals surface area contributed by atoms with Gasteiger partial charge in [-0.05, 0) is 19.2 Å². The molecular formula is C10H12F3NO. The predicted molar refractivity (Wildman–Crippen MR) is 50.8 cm³/mol. The monoisotopic (exact) mass is 219 g/mol. The summed E-state index contributed by atoms with van der Waals surface area (Å²) in [7, 11) is 2.95. The molecule has 0 fully saturated rings. The molecule has 0 aromatic heterocycles. The van der Waals surface area contributed by atoms with Gasteiger partial charge < -0.3 is 10.1 Å². The standard InChI is InChI=1S/C10H12F3NO/c1-14-6-7-8(10(11,12)13)4-3-5-9(7)15-2/h3-5,14H,6H2,1-2H3. The first-order chi connectivity index (χ1) is 7.00. The number of nitrogens with one attached hydrogen (secondary N) is 1. The quantitative estimate of drug-likeness (QED) is 0.843. The van der Waals surface area contributed by atoms with Crippen molar-refractivity contribution in [2.75, 3.05) is 14.2 Å². The molecule has 1 aromatic carbocycles. The van der Waals surface area contributed by atoms with E-state index in [4.69, 9.17) is 4.74 Å². The minimum absolute atomic E-state index is 0.124. The Kier molecular flexibility index (Phi) is 3.57. The van der Waals surface area contributed by atoms with Gasteiger partial charge in [-0.1, -0.05) is 6.07 Å². The zero-order chi connectivity index (χ0) is 11.5. The average molecular weight is 219 g/mol. The number of alkyl halides is 3. The van der Waals surface area contributed by atoms with Gasteiger partial charge in [0.25, 0.3) is 0 Å². The number of benzene rings is 1. The summed E-state index contributed by atoms with van der Waals surface area (Å²) in [6, 6.07) is 3.90. The summed E-state index contributed by atoms with van der Waals surface area (Å²) in [6.45, 7) is 0.124. The maximum absolute atomic E-state index is 12.6. The predicted octanol–water partition coefficient (Wildman–Crippen LogP) is 2.43. The van der Waals surface area contributed by atoms with Crippen LogP contribution in [0.3, 0.4) is 0 Å². The fourth-order valence-corrected chi connectivity index (χ4v) is 1.38. The molecule has 0 amide bonds. The van der Waals surface area contributed by atoms with Gasteiger partial charge in [0, 0.05) is 12.1 Å². The van der Waals surface area contributed by atoms with Crippen molar-refractivity contribution in [3.8, 4) is 5.75 Å². The van der Waals surface area contributed by atoms with Crippen LogP contribution in [-0.2, 0) is 12.7 Å². The molecule has 84 valence electrons. The number of halogens is 3. The zero-order valence-corrected chi connectivity index (χ0v) is 8.48. The zero-order valence-electron chi connectivity index (χ0n) is 8.48. The average Bonchev–Trinajstić information content (AvgIpc) is 2.17. The van der Waals surface area contributed by atoms with E-state index in [1.54, 1.807) is 7.05 Å². The molecule has 0 bridgehead atoms. The molecule has 5 heteroatoms. The first kappa shape index (κ1) is 11.8. The smallest absolute Gasteiger partial charge is 0.416 e. The third-order valence-corrected chi connectivity index (χ3v) is 2.01. The molecule has 0 aliphatic heterocycles. The molecule has 0 aliphatic carbocycles. The van der Waals surface area contributed by atoms with Crippen molar-refractivity contribution < 1.29 is 17.9 Å². The third kappa shape index (κ3) is 2.62. The van der Waals surface area contributed by atoms with Crippen LogP contribution in [0, 0.1) is 0 Å². The van der Waals surface area contributed by atoms with Crippen LogP contribution in [0.1, 0.15) is 11.1 Å². The topological polar surface area (TPSA) is 21.3 Å². The number of rotatable bonds is 3. The van der Waals surface area contributed by atoms with Crippen molar-refractivity contribution in [1.82, 2.24) is 5.32 Å². The van der Waals surface area contributed by atoms with Crippen LogP contribution >= 0.6 is 0 Å². The molecule has 0 saturated heterocycles. The fraction of sp³-hybridized carbons (Fsp3) is 0.400. The molecule has 15 heavy (non-hydrogen) atoms. The Bertz CT molecular complexity index is 336. The summed E-state index contributed by atoms with van der Waals surface area (Å²) >= 11 is 0. The van der Waals surface area contributed by atoms with Gasteiger partial charge >= 0.3 is 6.18 Å². The minimum Gasteiger partial charge on any atom is -0.496 e. The lowest BCUT2D eigenvalue weighted by atomic mass is 10.1. The lowest BCUT2D eigenvalue weighted by Gasteiger charge is -2.15. The molecule has 0 radical (unpaired) electrons. The maximum atomic E-state index is 12.6. The van der Waals surface area contributed by atoms with E-state index in [0.717, 1.165) is 6.07 Å².